The molecule has 0 radical (unpaired) electrons. The van der Waals surface area contributed by atoms with E-state index in [1.165, 1.54) is 0 Å². The number of nitrogens with one attached hydrogen (secondary N) is 1. The van der Waals surface area contributed by atoms with Crippen molar-refractivity contribution < 1.29 is 4.74 Å². The van der Waals surface area contributed by atoms with Crippen molar-refractivity contribution in [3.8, 4) is 5.75 Å². The summed E-state index contributed by atoms with van der Waals surface area (Å²) >= 11 is 5.81. The number of rotatable bonds is 3. The van der Waals surface area contributed by atoms with Crippen molar-refractivity contribution in [2.24, 2.45) is 0 Å². The van der Waals surface area contributed by atoms with E-state index < -0.39 is 0 Å². The van der Waals surface area contributed by atoms with Gasteiger partial charge in [0.25, 0.3) is 0 Å². The fourth-order valence-corrected chi connectivity index (χ4v) is 1.34. The van der Waals surface area contributed by atoms with E-state index in [1.54, 1.807) is 12.1 Å². The largest absolute Gasteiger partial charge is 0.485 e. The molecule has 1 N–H and O–H groups in total. The van der Waals surface area contributed by atoms with Crippen molar-refractivity contribution in [2.75, 3.05) is 0 Å². The zero-order valence-electron chi connectivity index (χ0n) is 8.20. The zero-order valence-corrected chi connectivity index (χ0v) is 8.95. The Balaban J connectivity index is 1.99. The molecule has 0 aliphatic carbocycles. The average Bonchev–Trinajstić information content (AvgIpc) is 2.62. The predicted octanol–water partition coefficient (Wildman–Crippen LogP) is 2.35. The molecule has 0 unspecified atom stereocenters. The van der Waals surface area contributed by atoms with E-state index in [2.05, 4.69) is 15.2 Å². The quantitative estimate of drug-likeness (QED) is 0.869. The second-order valence-electron chi connectivity index (χ2n) is 3.08. The fraction of sp³-hybridized carbons (Fsp3) is 0.200. The highest BCUT2D eigenvalue weighted by Gasteiger charge is 2.01. The van der Waals surface area contributed by atoms with Crippen LogP contribution in [0.4, 0.5) is 0 Å². The minimum Gasteiger partial charge on any atom is -0.485 e. The smallest absolute Gasteiger partial charge is 0.188 e. The van der Waals surface area contributed by atoms with E-state index in [-0.39, 0.29) is 0 Å². The van der Waals surface area contributed by atoms with Crippen molar-refractivity contribution in [1.29, 1.82) is 0 Å². The number of nitrogens with zero attached hydrogens (tertiary/aromatic N) is 2. The van der Waals surface area contributed by atoms with Crippen LogP contribution < -0.4 is 4.74 Å². The van der Waals surface area contributed by atoms with Crippen LogP contribution in [0.5, 0.6) is 5.75 Å². The highest BCUT2D eigenvalue weighted by atomic mass is 35.5. The van der Waals surface area contributed by atoms with Crippen molar-refractivity contribution >= 4 is 11.6 Å². The summed E-state index contributed by atoms with van der Waals surface area (Å²) in [6.07, 6.45) is 0. The van der Waals surface area contributed by atoms with Crippen LogP contribution in [0.3, 0.4) is 0 Å². The first-order valence-electron chi connectivity index (χ1n) is 4.50. The fourth-order valence-electron chi connectivity index (χ4n) is 1.16. The van der Waals surface area contributed by atoms with Gasteiger partial charge in [-0.3, -0.25) is 5.10 Å². The molecule has 0 bridgehead atoms. The van der Waals surface area contributed by atoms with Gasteiger partial charge in [-0.05, 0) is 25.1 Å². The van der Waals surface area contributed by atoms with Gasteiger partial charge < -0.3 is 4.74 Å². The Hall–Kier alpha value is -1.55. The number of ether oxygens (including phenoxy) is 1. The van der Waals surface area contributed by atoms with Crippen molar-refractivity contribution in [2.45, 2.75) is 13.5 Å². The molecular formula is C10H10ClN3O. The van der Waals surface area contributed by atoms with E-state index in [0.29, 0.717) is 23.2 Å². The summed E-state index contributed by atoms with van der Waals surface area (Å²) in [5.74, 6) is 2.12. The van der Waals surface area contributed by atoms with Gasteiger partial charge in [0.15, 0.2) is 5.82 Å². The summed E-state index contributed by atoms with van der Waals surface area (Å²) in [6, 6.07) is 7.22. The third-order valence-corrected chi connectivity index (χ3v) is 2.04. The van der Waals surface area contributed by atoms with Gasteiger partial charge in [-0.15, -0.1) is 0 Å². The standard InChI is InChI=1S/C10H10ClN3O/c1-7-12-10(14-13-7)6-15-9-4-2-3-8(11)5-9/h2-5H,6H2,1H3,(H,12,13,14). The molecule has 1 heterocycles. The number of aromatic nitrogens is 3. The molecule has 0 fully saturated rings. The van der Waals surface area contributed by atoms with Gasteiger partial charge in [0.2, 0.25) is 0 Å². The molecule has 2 aromatic rings. The molecule has 0 saturated heterocycles. The number of aromatic amines is 1. The molecule has 0 aliphatic rings. The van der Waals surface area contributed by atoms with Crippen LogP contribution in [0.15, 0.2) is 24.3 Å². The molecule has 0 amide bonds. The van der Waals surface area contributed by atoms with Crippen molar-refractivity contribution in [3.05, 3.63) is 40.9 Å². The SMILES string of the molecule is Cc1nc(COc2cccc(Cl)c2)n[nH]1. The number of H-pyrrole nitrogens is 1. The normalized spacial score (nSPS) is 10.3. The van der Waals surface area contributed by atoms with Crippen LogP contribution in [0.2, 0.25) is 5.02 Å². The van der Waals surface area contributed by atoms with Gasteiger partial charge in [0.05, 0.1) is 0 Å². The summed E-state index contributed by atoms with van der Waals surface area (Å²) < 4.78 is 5.46. The number of halogens is 1. The number of hydrogen-bond acceptors (Lipinski definition) is 3. The highest BCUT2D eigenvalue weighted by molar-refractivity contribution is 6.30. The van der Waals surface area contributed by atoms with E-state index in [4.69, 9.17) is 16.3 Å². The summed E-state index contributed by atoms with van der Waals surface area (Å²) in [6.45, 7) is 2.18. The maximum absolute atomic E-state index is 5.81. The maximum Gasteiger partial charge on any atom is 0.188 e. The maximum atomic E-state index is 5.81. The number of benzene rings is 1. The van der Waals surface area contributed by atoms with E-state index in [9.17, 15) is 0 Å². The predicted molar refractivity (Wildman–Crippen MR) is 56.9 cm³/mol. The monoisotopic (exact) mass is 223 g/mol. The molecule has 2 rings (SSSR count). The molecule has 0 saturated carbocycles. The summed E-state index contributed by atoms with van der Waals surface area (Å²) in [7, 11) is 0. The molecular weight excluding hydrogens is 214 g/mol. The molecule has 78 valence electrons. The third-order valence-electron chi connectivity index (χ3n) is 1.81. The number of hydrogen-bond donors (Lipinski definition) is 1. The Morgan fingerprint density at radius 2 is 2.33 bits per heavy atom. The first kappa shape index (κ1) is 9.98. The van der Waals surface area contributed by atoms with Crippen LogP contribution in [0.25, 0.3) is 0 Å². The molecule has 0 spiro atoms. The third kappa shape index (κ3) is 2.70. The Labute approximate surface area is 92.3 Å². The molecule has 1 aromatic carbocycles. The second-order valence-corrected chi connectivity index (χ2v) is 3.52. The highest BCUT2D eigenvalue weighted by Crippen LogP contribution is 2.17. The van der Waals surface area contributed by atoms with Gasteiger partial charge in [0, 0.05) is 5.02 Å². The first-order chi connectivity index (χ1) is 7.24. The van der Waals surface area contributed by atoms with Crippen LogP contribution in [-0.2, 0) is 6.61 Å². The Bertz CT molecular complexity index is 455. The van der Waals surface area contributed by atoms with Gasteiger partial charge in [-0.25, -0.2) is 4.98 Å². The van der Waals surface area contributed by atoms with E-state index in [0.717, 1.165) is 5.82 Å². The van der Waals surface area contributed by atoms with Gasteiger partial charge >= 0.3 is 0 Å². The van der Waals surface area contributed by atoms with Gasteiger partial charge in [-0.2, -0.15) is 5.10 Å². The van der Waals surface area contributed by atoms with Gasteiger partial charge in [0.1, 0.15) is 18.2 Å². The lowest BCUT2D eigenvalue weighted by atomic mass is 10.3. The van der Waals surface area contributed by atoms with Crippen LogP contribution in [0.1, 0.15) is 11.6 Å². The average molecular weight is 224 g/mol. The van der Waals surface area contributed by atoms with Crippen LogP contribution in [0, 0.1) is 6.92 Å². The van der Waals surface area contributed by atoms with Crippen LogP contribution >= 0.6 is 11.6 Å². The van der Waals surface area contributed by atoms with Crippen molar-refractivity contribution in [1.82, 2.24) is 15.2 Å². The molecule has 4 nitrogen and oxygen atoms in total. The Morgan fingerprint density at radius 1 is 1.47 bits per heavy atom. The molecule has 0 atom stereocenters. The topological polar surface area (TPSA) is 50.8 Å². The van der Waals surface area contributed by atoms with Crippen molar-refractivity contribution in [3.63, 3.8) is 0 Å². The molecule has 1 aromatic heterocycles. The molecule has 0 aliphatic heterocycles. The Kier molecular flexibility index (Phi) is 2.87. The minimum atomic E-state index is 0.338. The van der Waals surface area contributed by atoms with E-state index in [1.807, 2.05) is 19.1 Å². The summed E-state index contributed by atoms with van der Waals surface area (Å²) in [5, 5.41) is 7.36. The summed E-state index contributed by atoms with van der Waals surface area (Å²) in [4.78, 5) is 4.12. The van der Waals surface area contributed by atoms with E-state index >= 15 is 0 Å². The molecule has 15 heavy (non-hydrogen) atoms. The zero-order chi connectivity index (χ0) is 10.7. The van der Waals surface area contributed by atoms with Crippen LogP contribution in [-0.4, -0.2) is 15.2 Å². The first-order valence-corrected chi connectivity index (χ1v) is 4.88. The minimum absolute atomic E-state index is 0.338. The number of aryl methyl sites for hydroxylation is 1. The lowest BCUT2D eigenvalue weighted by Gasteiger charge is -2.02. The van der Waals surface area contributed by atoms with Gasteiger partial charge in [-0.1, -0.05) is 17.7 Å². The lowest BCUT2D eigenvalue weighted by Crippen LogP contribution is -1.97. The molecule has 5 heteroatoms. The lowest BCUT2D eigenvalue weighted by molar-refractivity contribution is 0.296. The summed E-state index contributed by atoms with van der Waals surface area (Å²) in [5.41, 5.74) is 0. The Morgan fingerprint density at radius 3 is 3.00 bits per heavy atom. The second kappa shape index (κ2) is 4.31.